The Kier molecular flexibility index (Phi) is 5.15. The lowest BCUT2D eigenvalue weighted by molar-refractivity contribution is -0.141. The highest BCUT2D eigenvalue weighted by Gasteiger charge is 2.35. The first kappa shape index (κ1) is 13.7. The number of carboxylic acids is 1. The van der Waals surface area contributed by atoms with Gasteiger partial charge in [-0.15, -0.1) is 6.58 Å². The predicted molar refractivity (Wildman–Crippen MR) is 62.3 cm³/mol. The van der Waals surface area contributed by atoms with E-state index in [1.54, 1.807) is 6.08 Å². The van der Waals surface area contributed by atoms with Crippen molar-refractivity contribution in [2.24, 2.45) is 11.8 Å². The summed E-state index contributed by atoms with van der Waals surface area (Å²) in [5.41, 5.74) is 0. The van der Waals surface area contributed by atoms with Crippen molar-refractivity contribution < 1.29 is 19.8 Å². The smallest absolute Gasteiger partial charge is 0.306 e. The van der Waals surface area contributed by atoms with Gasteiger partial charge in [0, 0.05) is 19.0 Å². The number of hydrogen-bond acceptors (Lipinski definition) is 3. The van der Waals surface area contributed by atoms with E-state index in [-0.39, 0.29) is 25.0 Å². The lowest BCUT2D eigenvalue weighted by Gasteiger charge is -2.23. The molecule has 1 fully saturated rings. The average Bonchev–Trinajstić information content (AvgIpc) is 2.77. The zero-order valence-corrected chi connectivity index (χ0v) is 9.84. The fourth-order valence-corrected chi connectivity index (χ4v) is 2.26. The maximum atomic E-state index is 12.1. The highest BCUT2D eigenvalue weighted by molar-refractivity contribution is 5.81. The van der Waals surface area contributed by atoms with Gasteiger partial charge >= 0.3 is 5.97 Å². The third-order valence-electron chi connectivity index (χ3n) is 3.16. The van der Waals surface area contributed by atoms with Crippen LogP contribution in [0.25, 0.3) is 0 Å². The number of amides is 1. The average molecular weight is 241 g/mol. The Morgan fingerprint density at radius 2 is 2.00 bits per heavy atom. The zero-order valence-electron chi connectivity index (χ0n) is 9.84. The number of aliphatic carboxylic acids is 1. The van der Waals surface area contributed by atoms with Gasteiger partial charge in [0.15, 0.2) is 0 Å². The van der Waals surface area contributed by atoms with Gasteiger partial charge in [-0.25, -0.2) is 0 Å². The van der Waals surface area contributed by atoms with Crippen LogP contribution in [0.2, 0.25) is 0 Å². The molecule has 5 heteroatoms. The second-order valence-corrected chi connectivity index (χ2v) is 4.34. The van der Waals surface area contributed by atoms with Gasteiger partial charge in [-0.2, -0.15) is 0 Å². The standard InChI is InChI=1S/C12H19NO4/c1-2-5-13(6-7-14)11(15)9-3-4-10(8-9)12(16)17/h2,9-10,14H,1,3-8H2,(H,16,17)/t9-,10+/m1/s1. The number of aliphatic hydroxyl groups is 1. The topological polar surface area (TPSA) is 77.8 Å². The first-order valence-corrected chi connectivity index (χ1v) is 5.83. The van der Waals surface area contributed by atoms with Crippen LogP contribution in [0, 0.1) is 11.8 Å². The molecular weight excluding hydrogens is 222 g/mol. The van der Waals surface area contributed by atoms with Crippen molar-refractivity contribution in [1.82, 2.24) is 4.90 Å². The molecule has 1 aliphatic rings. The molecule has 1 amide bonds. The monoisotopic (exact) mass is 241 g/mol. The summed E-state index contributed by atoms with van der Waals surface area (Å²) in [6.07, 6.45) is 3.20. The Bertz CT molecular complexity index is 303. The summed E-state index contributed by atoms with van der Waals surface area (Å²) in [5.74, 6) is -1.51. The normalized spacial score (nSPS) is 23.4. The summed E-state index contributed by atoms with van der Waals surface area (Å²) in [4.78, 5) is 24.4. The van der Waals surface area contributed by atoms with Crippen molar-refractivity contribution in [1.29, 1.82) is 0 Å². The van der Waals surface area contributed by atoms with Gasteiger partial charge in [0.1, 0.15) is 0 Å². The minimum Gasteiger partial charge on any atom is -0.481 e. The second kappa shape index (κ2) is 6.39. The van der Waals surface area contributed by atoms with Crippen molar-refractivity contribution in [3.8, 4) is 0 Å². The Balaban J connectivity index is 2.56. The van der Waals surface area contributed by atoms with Gasteiger partial charge in [-0.3, -0.25) is 9.59 Å². The molecule has 0 spiro atoms. The summed E-state index contributed by atoms with van der Waals surface area (Å²) in [7, 11) is 0. The molecule has 0 radical (unpaired) electrons. The predicted octanol–water partition coefficient (Wildman–Crippen LogP) is 0.494. The molecule has 0 aromatic rings. The van der Waals surface area contributed by atoms with Crippen LogP contribution in [0.15, 0.2) is 12.7 Å². The molecule has 96 valence electrons. The third kappa shape index (κ3) is 3.56. The van der Waals surface area contributed by atoms with Crippen LogP contribution in [-0.4, -0.2) is 46.7 Å². The molecule has 0 saturated heterocycles. The van der Waals surface area contributed by atoms with Crippen LogP contribution in [0.3, 0.4) is 0 Å². The van der Waals surface area contributed by atoms with Gasteiger partial charge in [-0.05, 0) is 19.3 Å². The van der Waals surface area contributed by atoms with Crippen molar-refractivity contribution in [2.45, 2.75) is 19.3 Å². The number of carbonyl (C=O) groups excluding carboxylic acids is 1. The molecule has 0 unspecified atom stereocenters. The van der Waals surface area contributed by atoms with Gasteiger partial charge in [0.2, 0.25) is 5.91 Å². The maximum absolute atomic E-state index is 12.1. The number of aliphatic hydroxyl groups excluding tert-OH is 1. The minimum atomic E-state index is -0.822. The molecular formula is C12H19NO4. The summed E-state index contributed by atoms with van der Waals surface area (Å²) >= 11 is 0. The lowest BCUT2D eigenvalue weighted by atomic mass is 10.0. The number of hydrogen-bond donors (Lipinski definition) is 2. The first-order valence-electron chi connectivity index (χ1n) is 5.83. The molecule has 0 aromatic heterocycles. The van der Waals surface area contributed by atoms with E-state index in [2.05, 4.69) is 6.58 Å². The van der Waals surface area contributed by atoms with Crippen LogP contribution in [0.5, 0.6) is 0 Å². The Hall–Kier alpha value is -1.36. The van der Waals surface area contributed by atoms with Crippen LogP contribution in [0.1, 0.15) is 19.3 Å². The van der Waals surface area contributed by atoms with E-state index in [9.17, 15) is 9.59 Å². The van der Waals surface area contributed by atoms with Crippen LogP contribution in [0.4, 0.5) is 0 Å². The van der Waals surface area contributed by atoms with E-state index in [4.69, 9.17) is 10.2 Å². The molecule has 1 saturated carbocycles. The van der Waals surface area contributed by atoms with Gasteiger partial charge in [0.25, 0.3) is 0 Å². The molecule has 2 atom stereocenters. The van der Waals surface area contributed by atoms with E-state index in [0.29, 0.717) is 25.8 Å². The largest absolute Gasteiger partial charge is 0.481 e. The van der Waals surface area contributed by atoms with Crippen molar-refractivity contribution in [3.63, 3.8) is 0 Å². The maximum Gasteiger partial charge on any atom is 0.306 e. The summed E-state index contributed by atoms with van der Waals surface area (Å²) < 4.78 is 0. The number of carboxylic acid groups (broad SMARTS) is 1. The Labute approximate surface area is 101 Å². The summed E-state index contributed by atoms with van der Waals surface area (Å²) in [6, 6.07) is 0. The van der Waals surface area contributed by atoms with Gasteiger partial charge in [0.05, 0.1) is 12.5 Å². The Morgan fingerprint density at radius 3 is 2.47 bits per heavy atom. The molecule has 0 aliphatic heterocycles. The van der Waals surface area contributed by atoms with Crippen molar-refractivity contribution in [3.05, 3.63) is 12.7 Å². The van der Waals surface area contributed by atoms with E-state index in [1.807, 2.05) is 0 Å². The van der Waals surface area contributed by atoms with Crippen LogP contribution in [-0.2, 0) is 9.59 Å². The van der Waals surface area contributed by atoms with Gasteiger partial charge < -0.3 is 15.1 Å². The highest BCUT2D eigenvalue weighted by atomic mass is 16.4. The van der Waals surface area contributed by atoms with E-state index >= 15 is 0 Å². The molecule has 0 aromatic carbocycles. The van der Waals surface area contributed by atoms with Crippen LogP contribution >= 0.6 is 0 Å². The summed E-state index contributed by atoms with van der Waals surface area (Å²) in [6.45, 7) is 4.15. The molecule has 1 rings (SSSR count). The first-order chi connectivity index (χ1) is 8.10. The lowest BCUT2D eigenvalue weighted by Crippen LogP contribution is -2.37. The van der Waals surface area contributed by atoms with E-state index in [1.165, 1.54) is 4.90 Å². The molecule has 0 heterocycles. The van der Waals surface area contributed by atoms with E-state index < -0.39 is 11.9 Å². The summed E-state index contributed by atoms with van der Waals surface area (Å²) in [5, 5.41) is 17.7. The zero-order chi connectivity index (χ0) is 12.8. The van der Waals surface area contributed by atoms with E-state index in [0.717, 1.165) is 0 Å². The fraction of sp³-hybridized carbons (Fsp3) is 0.667. The second-order valence-electron chi connectivity index (χ2n) is 4.34. The molecule has 2 N–H and O–H groups in total. The highest BCUT2D eigenvalue weighted by Crippen LogP contribution is 2.32. The minimum absolute atomic E-state index is 0.0669. The SMILES string of the molecule is C=CCN(CCO)C(=O)[C@@H]1CC[C@H](C(=O)O)C1. The molecule has 5 nitrogen and oxygen atoms in total. The van der Waals surface area contributed by atoms with Crippen molar-refractivity contribution in [2.75, 3.05) is 19.7 Å². The van der Waals surface area contributed by atoms with Crippen LogP contribution < -0.4 is 0 Å². The quantitative estimate of drug-likeness (QED) is 0.664. The molecule has 17 heavy (non-hydrogen) atoms. The fourth-order valence-electron chi connectivity index (χ4n) is 2.26. The molecule has 0 bridgehead atoms. The number of rotatable bonds is 6. The third-order valence-corrected chi connectivity index (χ3v) is 3.16. The number of nitrogens with zero attached hydrogens (tertiary/aromatic N) is 1. The number of carbonyl (C=O) groups is 2. The van der Waals surface area contributed by atoms with Gasteiger partial charge in [-0.1, -0.05) is 6.08 Å². The Morgan fingerprint density at radius 1 is 1.35 bits per heavy atom. The van der Waals surface area contributed by atoms with Crippen molar-refractivity contribution >= 4 is 11.9 Å². The molecule has 1 aliphatic carbocycles.